The van der Waals surface area contributed by atoms with Gasteiger partial charge in [0, 0.05) is 25.3 Å². The van der Waals surface area contributed by atoms with Crippen LogP contribution in [0.2, 0.25) is 0 Å². The van der Waals surface area contributed by atoms with Gasteiger partial charge in [-0.25, -0.2) is 4.52 Å². The molecule has 0 bridgehead atoms. The van der Waals surface area contributed by atoms with Crippen molar-refractivity contribution in [3.8, 4) is 0 Å². The zero-order chi connectivity index (χ0) is 12.5. The summed E-state index contributed by atoms with van der Waals surface area (Å²) in [6, 6.07) is 6.81. The van der Waals surface area contributed by atoms with Crippen LogP contribution in [0, 0.1) is 0 Å². The molecule has 2 heterocycles. The molecule has 1 fully saturated rings. The van der Waals surface area contributed by atoms with Gasteiger partial charge in [0.05, 0.1) is 0 Å². The zero-order valence-electron chi connectivity index (χ0n) is 10.7. The van der Waals surface area contributed by atoms with Crippen molar-refractivity contribution in [2.24, 2.45) is 5.73 Å². The number of anilines is 1. The highest BCUT2D eigenvalue weighted by Gasteiger charge is 2.24. The first-order valence-electron chi connectivity index (χ1n) is 6.54. The second-order valence-electron chi connectivity index (χ2n) is 5.09. The predicted octanol–water partition coefficient (Wildman–Crippen LogP) is 1.44. The molecule has 1 saturated carbocycles. The summed E-state index contributed by atoms with van der Waals surface area (Å²) in [5.41, 5.74) is 6.84. The topological polar surface area (TPSA) is 59.5 Å². The molecule has 5 nitrogen and oxygen atoms in total. The lowest BCUT2D eigenvalue weighted by Crippen LogP contribution is -2.39. The Balaban J connectivity index is 1.81. The minimum absolute atomic E-state index is 0.378. The van der Waals surface area contributed by atoms with Gasteiger partial charge in [-0.15, -0.1) is 5.10 Å². The van der Waals surface area contributed by atoms with Crippen molar-refractivity contribution in [3.63, 3.8) is 0 Å². The summed E-state index contributed by atoms with van der Waals surface area (Å²) >= 11 is 0. The fourth-order valence-corrected chi connectivity index (χ4v) is 2.62. The molecule has 18 heavy (non-hydrogen) atoms. The number of nitrogens with zero attached hydrogens (tertiary/aromatic N) is 4. The molecule has 3 rings (SSSR count). The molecular formula is C13H19N5. The van der Waals surface area contributed by atoms with E-state index in [-0.39, 0.29) is 0 Å². The molecule has 0 aliphatic heterocycles. The Morgan fingerprint density at radius 3 is 2.78 bits per heavy atom. The van der Waals surface area contributed by atoms with Gasteiger partial charge >= 0.3 is 0 Å². The van der Waals surface area contributed by atoms with E-state index in [1.165, 1.54) is 0 Å². The van der Waals surface area contributed by atoms with Crippen LogP contribution in [0.25, 0.3) is 5.65 Å². The monoisotopic (exact) mass is 245 g/mol. The van der Waals surface area contributed by atoms with Crippen molar-refractivity contribution in [1.29, 1.82) is 0 Å². The molecule has 0 unspecified atom stereocenters. The van der Waals surface area contributed by atoms with Gasteiger partial charge in [-0.2, -0.15) is 4.98 Å². The molecule has 0 radical (unpaired) electrons. The van der Waals surface area contributed by atoms with Crippen molar-refractivity contribution in [2.45, 2.75) is 37.8 Å². The molecule has 0 spiro atoms. The van der Waals surface area contributed by atoms with Crippen molar-refractivity contribution < 1.29 is 0 Å². The highest BCUT2D eigenvalue weighted by Crippen LogP contribution is 2.24. The Hall–Kier alpha value is -1.62. The van der Waals surface area contributed by atoms with Gasteiger partial charge in [0.1, 0.15) is 0 Å². The average Bonchev–Trinajstić information content (AvgIpc) is 2.82. The minimum atomic E-state index is 0.378. The molecule has 0 amide bonds. The zero-order valence-corrected chi connectivity index (χ0v) is 10.7. The molecule has 1 aliphatic rings. The number of fused-ring (bicyclic) bond motifs is 1. The van der Waals surface area contributed by atoms with Gasteiger partial charge in [-0.05, 0) is 37.8 Å². The van der Waals surface area contributed by atoms with Crippen LogP contribution in [-0.2, 0) is 0 Å². The number of hydrogen-bond acceptors (Lipinski definition) is 4. The molecular weight excluding hydrogens is 226 g/mol. The Labute approximate surface area is 107 Å². The Morgan fingerprint density at radius 1 is 1.28 bits per heavy atom. The largest absolute Gasteiger partial charge is 0.340 e. The lowest BCUT2D eigenvalue weighted by molar-refractivity contribution is 0.382. The number of pyridine rings is 1. The lowest BCUT2D eigenvalue weighted by Gasteiger charge is -2.32. The summed E-state index contributed by atoms with van der Waals surface area (Å²) in [4.78, 5) is 6.75. The van der Waals surface area contributed by atoms with E-state index in [1.54, 1.807) is 0 Å². The summed E-state index contributed by atoms with van der Waals surface area (Å²) in [5.74, 6) is 0.807. The summed E-state index contributed by atoms with van der Waals surface area (Å²) in [6.07, 6.45) is 6.39. The van der Waals surface area contributed by atoms with E-state index < -0.39 is 0 Å². The summed E-state index contributed by atoms with van der Waals surface area (Å²) in [7, 11) is 2.08. The molecule has 2 aromatic rings. The van der Waals surface area contributed by atoms with E-state index in [9.17, 15) is 0 Å². The first-order chi connectivity index (χ1) is 8.74. The number of nitrogens with two attached hydrogens (primary N) is 1. The quantitative estimate of drug-likeness (QED) is 0.869. The average molecular weight is 245 g/mol. The molecule has 2 N–H and O–H groups in total. The molecule has 5 heteroatoms. The van der Waals surface area contributed by atoms with Crippen LogP contribution < -0.4 is 10.6 Å². The van der Waals surface area contributed by atoms with E-state index in [0.29, 0.717) is 12.1 Å². The van der Waals surface area contributed by atoms with Crippen LogP contribution in [0.15, 0.2) is 24.4 Å². The maximum atomic E-state index is 5.94. The highest BCUT2D eigenvalue weighted by molar-refractivity contribution is 5.44. The van der Waals surface area contributed by atoms with Crippen LogP contribution in [0.1, 0.15) is 25.7 Å². The fourth-order valence-electron chi connectivity index (χ4n) is 2.62. The maximum Gasteiger partial charge on any atom is 0.245 e. The summed E-state index contributed by atoms with van der Waals surface area (Å²) < 4.78 is 1.82. The molecule has 0 atom stereocenters. The molecule has 2 aromatic heterocycles. The van der Waals surface area contributed by atoms with Gasteiger partial charge in [0.25, 0.3) is 0 Å². The summed E-state index contributed by atoms with van der Waals surface area (Å²) in [6.45, 7) is 0. The van der Waals surface area contributed by atoms with Gasteiger partial charge in [-0.3, -0.25) is 0 Å². The van der Waals surface area contributed by atoms with Crippen LogP contribution in [0.3, 0.4) is 0 Å². The van der Waals surface area contributed by atoms with E-state index in [2.05, 4.69) is 22.0 Å². The van der Waals surface area contributed by atoms with Crippen LogP contribution in [0.5, 0.6) is 0 Å². The second kappa shape index (κ2) is 4.57. The van der Waals surface area contributed by atoms with Gasteiger partial charge in [-0.1, -0.05) is 6.07 Å². The SMILES string of the molecule is CN(c1nc2ccccn2n1)C1CCC(N)CC1. The van der Waals surface area contributed by atoms with Crippen molar-refractivity contribution in [2.75, 3.05) is 11.9 Å². The Morgan fingerprint density at radius 2 is 2.06 bits per heavy atom. The van der Waals surface area contributed by atoms with E-state index in [0.717, 1.165) is 37.3 Å². The Bertz CT molecular complexity index is 494. The van der Waals surface area contributed by atoms with Crippen LogP contribution in [0.4, 0.5) is 5.95 Å². The normalized spacial score (nSPS) is 24.3. The third kappa shape index (κ3) is 2.06. The molecule has 0 aromatic carbocycles. The van der Waals surface area contributed by atoms with Crippen molar-refractivity contribution in [3.05, 3.63) is 24.4 Å². The lowest BCUT2D eigenvalue weighted by atomic mass is 9.91. The van der Waals surface area contributed by atoms with Gasteiger partial charge in [0.2, 0.25) is 5.95 Å². The molecule has 0 saturated heterocycles. The first-order valence-corrected chi connectivity index (χ1v) is 6.54. The second-order valence-corrected chi connectivity index (χ2v) is 5.09. The van der Waals surface area contributed by atoms with Crippen molar-refractivity contribution in [1.82, 2.24) is 14.6 Å². The van der Waals surface area contributed by atoms with Gasteiger partial charge in [0.15, 0.2) is 5.65 Å². The van der Waals surface area contributed by atoms with E-state index in [1.807, 2.05) is 28.9 Å². The van der Waals surface area contributed by atoms with Crippen LogP contribution >= 0.6 is 0 Å². The van der Waals surface area contributed by atoms with Crippen molar-refractivity contribution >= 4 is 11.6 Å². The first kappa shape index (κ1) is 11.5. The fraction of sp³-hybridized carbons (Fsp3) is 0.538. The number of rotatable bonds is 2. The highest BCUT2D eigenvalue weighted by atomic mass is 15.4. The van der Waals surface area contributed by atoms with E-state index >= 15 is 0 Å². The number of aromatic nitrogens is 3. The molecule has 96 valence electrons. The molecule has 1 aliphatic carbocycles. The van der Waals surface area contributed by atoms with Gasteiger partial charge < -0.3 is 10.6 Å². The standard InChI is InChI=1S/C13H19N5/c1-17(11-7-5-10(14)6-8-11)13-15-12-4-2-3-9-18(12)16-13/h2-4,9-11H,5-8,14H2,1H3. The smallest absolute Gasteiger partial charge is 0.245 e. The minimum Gasteiger partial charge on any atom is -0.340 e. The Kier molecular flexibility index (Phi) is 2.91. The third-order valence-corrected chi connectivity index (χ3v) is 3.83. The van der Waals surface area contributed by atoms with Crippen LogP contribution in [-0.4, -0.2) is 33.7 Å². The maximum absolute atomic E-state index is 5.94. The number of hydrogen-bond donors (Lipinski definition) is 1. The third-order valence-electron chi connectivity index (χ3n) is 3.83. The summed E-state index contributed by atoms with van der Waals surface area (Å²) in [5, 5.41) is 4.51. The predicted molar refractivity (Wildman–Crippen MR) is 71.6 cm³/mol. The van der Waals surface area contributed by atoms with E-state index in [4.69, 9.17) is 5.73 Å².